The van der Waals surface area contributed by atoms with E-state index in [0.717, 1.165) is 19.2 Å². The summed E-state index contributed by atoms with van der Waals surface area (Å²) in [5, 5.41) is 8.61. The molecule has 6 nitrogen and oxygen atoms in total. The Morgan fingerprint density at radius 2 is 2.05 bits per heavy atom. The molecule has 0 aliphatic heterocycles. The predicted molar refractivity (Wildman–Crippen MR) is 70.5 cm³/mol. The standard InChI is InChI=1S/C11H12F3N3O3.ClH/c1-19-8-3-2-6(4-7(8)11(12,13)14)5-20-10(18)17-9(15)16;/h2-4H,5H2,1H3,(H4,15,16,17,18);1H. The summed E-state index contributed by atoms with van der Waals surface area (Å²) in [6, 6.07) is 3.28. The largest absolute Gasteiger partial charge is 0.496 e. The topological polar surface area (TPSA) is 97.4 Å². The lowest BCUT2D eigenvalue weighted by atomic mass is 10.1. The number of carbonyl (C=O) groups is 1. The number of alkyl carbamates (subject to hydrolysis) is 1. The summed E-state index contributed by atoms with van der Waals surface area (Å²) in [5.74, 6) is -0.949. The molecule has 118 valence electrons. The minimum Gasteiger partial charge on any atom is -0.496 e. The number of methoxy groups -OCH3 is 1. The van der Waals surface area contributed by atoms with Crippen molar-refractivity contribution in [1.82, 2.24) is 5.32 Å². The van der Waals surface area contributed by atoms with E-state index in [2.05, 4.69) is 9.47 Å². The van der Waals surface area contributed by atoms with Crippen LogP contribution in [0.5, 0.6) is 5.75 Å². The van der Waals surface area contributed by atoms with Crippen molar-refractivity contribution in [2.75, 3.05) is 7.11 Å². The van der Waals surface area contributed by atoms with Gasteiger partial charge in [-0.1, -0.05) is 6.07 Å². The molecular formula is C11H13ClF3N3O3. The van der Waals surface area contributed by atoms with E-state index in [-0.39, 0.29) is 23.7 Å². The van der Waals surface area contributed by atoms with E-state index in [4.69, 9.17) is 11.1 Å². The number of alkyl halides is 3. The molecule has 1 aromatic rings. The third-order valence-electron chi connectivity index (χ3n) is 2.18. The van der Waals surface area contributed by atoms with E-state index in [1.165, 1.54) is 6.07 Å². The Morgan fingerprint density at radius 3 is 2.52 bits per heavy atom. The average molecular weight is 328 g/mol. The number of hydrogen-bond acceptors (Lipinski definition) is 4. The SMILES string of the molecule is COc1ccc(COC(=O)NC(=N)N)cc1C(F)(F)F.Cl. The summed E-state index contributed by atoms with van der Waals surface area (Å²) in [7, 11) is 1.13. The molecule has 0 saturated heterocycles. The van der Waals surface area contributed by atoms with Crippen LogP contribution in [0, 0.1) is 5.41 Å². The van der Waals surface area contributed by atoms with Gasteiger partial charge in [-0.05, 0) is 17.7 Å². The van der Waals surface area contributed by atoms with Crippen molar-refractivity contribution in [3.05, 3.63) is 29.3 Å². The van der Waals surface area contributed by atoms with Crippen molar-refractivity contribution in [3.8, 4) is 5.75 Å². The molecule has 4 N–H and O–H groups in total. The van der Waals surface area contributed by atoms with Crippen LogP contribution in [0.4, 0.5) is 18.0 Å². The number of ether oxygens (including phenoxy) is 2. The highest BCUT2D eigenvalue weighted by Crippen LogP contribution is 2.36. The first kappa shape index (κ1) is 18.8. The first-order valence-corrected chi connectivity index (χ1v) is 5.26. The Balaban J connectivity index is 0.00000400. The highest BCUT2D eigenvalue weighted by atomic mass is 35.5. The van der Waals surface area contributed by atoms with Gasteiger partial charge >= 0.3 is 12.3 Å². The van der Waals surface area contributed by atoms with Crippen molar-refractivity contribution in [2.24, 2.45) is 5.73 Å². The van der Waals surface area contributed by atoms with E-state index < -0.39 is 30.4 Å². The lowest BCUT2D eigenvalue weighted by molar-refractivity contribution is -0.138. The molecule has 0 radical (unpaired) electrons. The molecule has 0 fully saturated rings. The summed E-state index contributed by atoms with van der Waals surface area (Å²) in [6.45, 7) is -0.397. The summed E-state index contributed by atoms with van der Waals surface area (Å²) in [6.07, 6.45) is -5.61. The van der Waals surface area contributed by atoms with Crippen LogP contribution in [0.15, 0.2) is 18.2 Å². The van der Waals surface area contributed by atoms with Crippen molar-refractivity contribution < 1.29 is 27.4 Å². The zero-order chi connectivity index (χ0) is 15.3. The third-order valence-corrected chi connectivity index (χ3v) is 2.18. The second-order valence-corrected chi connectivity index (χ2v) is 3.65. The Hall–Kier alpha value is -2.16. The minimum atomic E-state index is -4.58. The van der Waals surface area contributed by atoms with E-state index in [9.17, 15) is 18.0 Å². The van der Waals surface area contributed by atoms with Gasteiger partial charge in [0.25, 0.3) is 0 Å². The third kappa shape index (κ3) is 5.78. The fraction of sp³-hybridized carbons (Fsp3) is 0.273. The van der Waals surface area contributed by atoms with Gasteiger partial charge in [-0.2, -0.15) is 13.2 Å². The Bertz CT molecular complexity index is 523. The molecule has 10 heteroatoms. The second-order valence-electron chi connectivity index (χ2n) is 3.65. The molecule has 0 aliphatic rings. The summed E-state index contributed by atoms with van der Waals surface area (Å²) in [5.41, 5.74) is 4.04. The van der Waals surface area contributed by atoms with Crippen LogP contribution in [-0.2, 0) is 17.5 Å². The maximum Gasteiger partial charge on any atom is 0.419 e. The van der Waals surface area contributed by atoms with Gasteiger partial charge in [-0.25, -0.2) is 4.79 Å². The van der Waals surface area contributed by atoms with Crippen molar-refractivity contribution in [1.29, 1.82) is 5.41 Å². The Kier molecular flexibility index (Phi) is 6.80. The molecule has 0 bridgehead atoms. The van der Waals surface area contributed by atoms with Crippen LogP contribution in [0.1, 0.15) is 11.1 Å². The molecule has 0 heterocycles. The lowest BCUT2D eigenvalue weighted by Crippen LogP contribution is -2.35. The van der Waals surface area contributed by atoms with Crippen LogP contribution < -0.4 is 15.8 Å². The number of hydrogen-bond donors (Lipinski definition) is 3. The quantitative estimate of drug-likeness (QED) is 0.586. The number of benzene rings is 1. The van der Waals surface area contributed by atoms with Gasteiger partial charge in [0.2, 0.25) is 0 Å². The van der Waals surface area contributed by atoms with Gasteiger partial charge in [-0.15, -0.1) is 12.4 Å². The van der Waals surface area contributed by atoms with Crippen LogP contribution >= 0.6 is 12.4 Å². The molecule has 0 unspecified atom stereocenters. The number of guanidine groups is 1. The van der Waals surface area contributed by atoms with Gasteiger partial charge in [0, 0.05) is 0 Å². The predicted octanol–water partition coefficient (Wildman–Crippen LogP) is 2.26. The lowest BCUT2D eigenvalue weighted by Gasteiger charge is -2.13. The number of halogens is 4. The maximum absolute atomic E-state index is 12.7. The van der Waals surface area contributed by atoms with Crippen molar-refractivity contribution in [3.63, 3.8) is 0 Å². The minimum absolute atomic E-state index is 0. The van der Waals surface area contributed by atoms with Gasteiger partial charge in [0.1, 0.15) is 12.4 Å². The first-order chi connectivity index (χ1) is 9.24. The Morgan fingerprint density at radius 1 is 1.43 bits per heavy atom. The molecular weight excluding hydrogens is 315 g/mol. The molecule has 0 atom stereocenters. The first-order valence-electron chi connectivity index (χ1n) is 5.26. The summed E-state index contributed by atoms with van der Waals surface area (Å²) < 4.78 is 47.4. The number of nitrogens with one attached hydrogen (secondary N) is 2. The van der Waals surface area contributed by atoms with Gasteiger partial charge in [0.15, 0.2) is 5.96 Å². The van der Waals surface area contributed by atoms with E-state index in [1.807, 2.05) is 5.32 Å². The monoisotopic (exact) mass is 327 g/mol. The molecule has 0 saturated carbocycles. The van der Waals surface area contributed by atoms with Crippen molar-refractivity contribution >= 4 is 24.5 Å². The number of carbonyl (C=O) groups excluding carboxylic acids is 1. The molecule has 21 heavy (non-hydrogen) atoms. The molecule has 0 spiro atoms. The molecule has 0 aromatic heterocycles. The zero-order valence-electron chi connectivity index (χ0n) is 10.8. The summed E-state index contributed by atoms with van der Waals surface area (Å²) >= 11 is 0. The number of amides is 1. The van der Waals surface area contributed by atoms with E-state index in [1.54, 1.807) is 0 Å². The summed E-state index contributed by atoms with van der Waals surface area (Å²) in [4.78, 5) is 11.0. The highest BCUT2D eigenvalue weighted by Gasteiger charge is 2.34. The fourth-order valence-electron chi connectivity index (χ4n) is 1.36. The normalized spacial score (nSPS) is 10.3. The average Bonchev–Trinajstić information content (AvgIpc) is 2.34. The Labute approximate surface area is 124 Å². The van der Waals surface area contributed by atoms with Crippen LogP contribution in [0.25, 0.3) is 0 Å². The molecule has 1 aromatic carbocycles. The number of rotatable bonds is 3. The van der Waals surface area contributed by atoms with E-state index >= 15 is 0 Å². The van der Waals surface area contributed by atoms with Gasteiger partial charge in [0.05, 0.1) is 12.7 Å². The smallest absolute Gasteiger partial charge is 0.419 e. The fourth-order valence-corrected chi connectivity index (χ4v) is 1.36. The van der Waals surface area contributed by atoms with Gasteiger partial charge < -0.3 is 15.2 Å². The molecule has 1 amide bonds. The van der Waals surface area contributed by atoms with E-state index in [0.29, 0.717) is 0 Å². The molecule has 0 aliphatic carbocycles. The van der Waals surface area contributed by atoms with Crippen LogP contribution in [0.2, 0.25) is 0 Å². The zero-order valence-corrected chi connectivity index (χ0v) is 11.6. The van der Waals surface area contributed by atoms with Crippen molar-refractivity contribution in [2.45, 2.75) is 12.8 Å². The second kappa shape index (κ2) is 7.58. The van der Waals surface area contributed by atoms with Gasteiger partial charge in [-0.3, -0.25) is 10.7 Å². The highest BCUT2D eigenvalue weighted by molar-refractivity contribution is 5.90. The van der Waals surface area contributed by atoms with Crippen LogP contribution in [-0.4, -0.2) is 19.2 Å². The molecule has 1 rings (SSSR count). The van der Waals surface area contributed by atoms with Crippen LogP contribution in [0.3, 0.4) is 0 Å². The maximum atomic E-state index is 12.7. The number of nitrogens with two attached hydrogens (primary N) is 1.